The number of rotatable bonds is 6. The summed E-state index contributed by atoms with van der Waals surface area (Å²) >= 11 is 1.40. The van der Waals surface area contributed by atoms with Crippen molar-refractivity contribution in [2.24, 2.45) is 0 Å². The zero-order valence-corrected chi connectivity index (χ0v) is 14.9. The minimum Gasteiger partial charge on any atom is -0.469 e. The van der Waals surface area contributed by atoms with Crippen LogP contribution in [0.2, 0.25) is 0 Å². The van der Waals surface area contributed by atoms with E-state index in [4.69, 9.17) is 4.42 Å². The summed E-state index contributed by atoms with van der Waals surface area (Å²) < 4.78 is 6.24. The molecule has 130 valence electrons. The Bertz CT molecular complexity index is 886. The average molecular weight is 357 g/mol. The van der Waals surface area contributed by atoms with Crippen molar-refractivity contribution in [3.63, 3.8) is 0 Å². The Morgan fingerprint density at radius 2 is 2.16 bits per heavy atom. The van der Waals surface area contributed by atoms with Gasteiger partial charge in [-0.2, -0.15) is 0 Å². The van der Waals surface area contributed by atoms with Crippen molar-refractivity contribution in [3.8, 4) is 0 Å². The van der Waals surface area contributed by atoms with Gasteiger partial charge in [-0.25, -0.2) is 4.98 Å². The van der Waals surface area contributed by atoms with Gasteiger partial charge in [0.15, 0.2) is 5.13 Å². The first-order chi connectivity index (χ1) is 12.0. The van der Waals surface area contributed by atoms with E-state index < -0.39 is 0 Å². The zero-order chi connectivity index (χ0) is 17.8. The SMILES string of the molecule is CC(=O)Nc1nc2ccc(CC(=O)N[C@@H](C)Cc3ccco3)cc2s1. The highest BCUT2D eigenvalue weighted by atomic mass is 32.1. The van der Waals surface area contributed by atoms with E-state index in [1.54, 1.807) is 6.26 Å². The smallest absolute Gasteiger partial charge is 0.224 e. The van der Waals surface area contributed by atoms with Gasteiger partial charge in [0.05, 0.1) is 22.9 Å². The average Bonchev–Trinajstić information content (AvgIpc) is 3.14. The summed E-state index contributed by atoms with van der Waals surface area (Å²) in [7, 11) is 0. The number of amides is 2. The number of nitrogens with one attached hydrogen (secondary N) is 2. The lowest BCUT2D eigenvalue weighted by atomic mass is 10.1. The molecule has 3 rings (SSSR count). The first kappa shape index (κ1) is 17.2. The summed E-state index contributed by atoms with van der Waals surface area (Å²) in [5.74, 6) is 0.665. The van der Waals surface area contributed by atoms with E-state index in [0.717, 1.165) is 21.5 Å². The van der Waals surface area contributed by atoms with Gasteiger partial charge in [0.2, 0.25) is 11.8 Å². The molecule has 0 aliphatic heterocycles. The summed E-state index contributed by atoms with van der Waals surface area (Å²) in [6.07, 6.45) is 2.59. The molecule has 0 aliphatic rings. The van der Waals surface area contributed by atoms with Crippen LogP contribution in [0.1, 0.15) is 25.2 Å². The third kappa shape index (κ3) is 4.67. The molecule has 2 N–H and O–H groups in total. The van der Waals surface area contributed by atoms with Crippen LogP contribution in [-0.2, 0) is 22.4 Å². The molecule has 7 heteroatoms. The van der Waals surface area contributed by atoms with E-state index in [2.05, 4.69) is 15.6 Å². The fraction of sp³-hybridized carbons (Fsp3) is 0.278. The van der Waals surface area contributed by atoms with Gasteiger partial charge in [-0.1, -0.05) is 17.4 Å². The van der Waals surface area contributed by atoms with E-state index >= 15 is 0 Å². The molecule has 0 spiro atoms. The van der Waals surface area contributed by atoms with Crippen molar-refractivity contribution in [1.82, 2.24) is 10.3 Å². The van der Waals surface area contributed by atoms with Gasteiger partial charge in [0, 0.05) is 19.4 Å². The molecule has 0 unspecified atom stereocenters. The topological polar surface area (TPSA) is 84.2 Å². The molecule has 2 aromatic heterocycles. The van der Waals surface area contributed by atoms with Crippen LogP contribution in [0.15, 0.2) is 41.0 Å². The summed E-state index contributed by atoms with van der Waals surface area (Å²) in [6.45, 7) is 3.40. The Morgan fingerprint density at radius 3 is 2.88 bits per heavy atom. The fourth-order valence-corrected chi connectivity index (χ4v) is 3.55. The van der Waals surface area contributed by atoms with Crippen molar-refractivity contribution in [1.29, 1.82) is 0 Å². The van der Waals surface area contributed by atoms with Crippen LogP contribution < -0.4 is 10.6 Å². The second-order valence-corrected chi connectivity index (χ2v) is 6.96. The molecule has 0 fully saturated rings. The van der Waals surface area contributed by atoms with E-state index in [0.29, 0.717) is 18.0 Å². The van der Waals surface area contributed by atoms with Gasteiger partial charge in [0.25, 0.3) is 0 Å². The van der Waals surface area contributed by atoms with Crippen LogP contribution in [0.3, 0.4) is 0 Å². The maximum atomic E-state index is 12.2. The second kappa shape index (κ2) is 7.48. The van der Waals surface area contributed by atoms with Crippen molar-refractivity contribution in [3.05, 3.63) is 47.9 Å². The Balaban J connectivity index is 1.61. The molecule has 25 heavy (non-hydrogen) atoms. The summed E-state index contributed by atoms with van der Waals surface area (Å²) in [5.41, 5.74) is 1.72. The lowest BCUT2D eigenvalue weighted by molar-refractivity contribution is -0.121. The number of furan rings is 1. The lowest BCUT2D eigenvalue weighted by Crippen LogP contribution is -2.35. The molecular formula is C18H19N3O3S. The maximum Gasteiger partial charge on any atom is 0.224 e. The molecule has 0 saturated heterocycles. The highest BCUT2D eigenvalue weighted by molar-refractivity contribution is 7.22. The first-order valence-electron chi connectivity index (χ1n) is 7.98. The van der Waals surface area contributed by atoms with Crippen LogP contribution in [0.25, 0.3) is 10.2 Å². The number of aromatic nitrogens is 1. The minimum atomic E-state index is -0.149. The van der Waals surface area contributed by atoms with Crippen LogP contribution in [0.5, 0.6) is 0 Å². The van der Waals surface area contributed by atoms with E-state index in [9.17, 15) is 9.59 Å². The third-order valence-electron chi connectivity index (χ3n) is 3.60. The van der Waals surface area contributed by atoms with Crippen molar-refractivity contribution in [2.75, 3.05) is 5.32 Å². The van der Waals surface area contributed by atoms with Gasteiger partial charge in [-0.3, -0.25) is 9.59 Å². The monoisotopic (exact) mass is 357 g/mol. The third-order valence-corrected chi connectivity index (χ3v) is 4.53. The molecule has 0 radical (unpaired) electrons. The number of benzene rings is 1. The van der Waals surface area contributed by atoms with Gasteiger partial charge < -0.3 is 15.1 Å². The molecule has 2 heterocycles. The normalized spacial score (nSPS) is 12.1. The van der Waals surface area contributed by atoms with Crippen LogP contribution in [0, 0.1) is 0 Å². The first-order valence-corrected chi connectivity index (χ1v) is 8.80. The van der Waals surface area contributed by atoms with Gasteiger partial charge in [-0.05, 0) is 36.8 Å². The Labute approximate surface area is 149 Å². The Hall–Kier alpha value is -2.67. The van der Waals surface area contributed by atoms with E-state index in [-0.39, 0.29) is 17.9 Å². The predicted molar refractivity (Wildman–Crippen MR) is 97.6 cm³/mol. The zero-order valence-electron chi connectivity index (χ0n) is 14.0. The van der Waals surface area contributed by atoms with E-state index in [1.165, 1.54) is 18.3 Å². The number of fused-ring (bicyclic) bond motifs is 1. The molecule has 1 atom stereocenters. The minimum absolute atomic E-state index is 0.00263. The molecule has 0 bridgehead atoms. The van der Waals surface area contributed by atoms with Crippen LogP contribution in [-0.4, -0.2) is 22.8 Å². The van der Waals surface area contributed by atoms with Crippen molar-refractivity contribution in [2.45, 2.75) is 32.7 Å². The van der Waals surface area contributed by atoms with Crippen LogP contribution >= 0.6 is 11.3 Å². The molecule has 1 aromatic carbocycles. The standard InChI is InChI=1S/C18H19N3O3S/c1-11(8-14-4-3-7-24-14)19-17(23)10-13-5-6-15-16(9-13)25-18(21-15)20-12(2)22/h3-7,9,11H,8,10H2,1-2H3,(H,19,23)(H,20,21,22)/t11-/m0/s1. The lowest BCUT2D eigenvalue weighted by Gasteiger charge is -2.12. The second-order valence-electron chi connectivity index (χ2n) is 5.93. The van der Waals surface area contributed by atoms with E-state index in [1.807, 2.05) is 37.3 Å². The summed E-state index contributed by atoms with van der Waals surface area (Å²) in [5, 5.41) is 6.23. The van der Waals surface area contributed by atoms with Crippen molar-refractivity contribution >= 4 is 38.5 Å². The Morgan fingerprint density at radius 1 is 1.32 bits per heavy atom. The van der Waals surface area contributed by atoms with Gasteiger partial charge in [-0.15, -0.1) is 0 Å². The maximum absolute atomic E-state index is 12.2. The molecule has 0 aliphatic carbocycles. The number of anilines is 1. The highest BCUT2D eigenvalue weighted by Gasteiger charge is 2.12. The number of hydrogen-bond donors (Lipinski definition) is 2. The molecule has 6 nitrogen and oxygen atoms in total. The summed E-state index contributed by atoms with van der Waals surface area (Å²) in [6, 6.07) is 9.42. The van der Waals surface area contributed by atoms with Gasteiger partial charge >= 0.3 is 0 Å². The molecular weight excluding hydrogens is 338 g/mol. The number of carbonyl (C=O) groups excluding carboxylic acids is 2. The molecule has 0 saturated carbocycles. The fourth-order valence-electron chi connectivity index (χ4n) is 2.58. The highest BCUT2D eigenvalue weighted by Crippen LogP contribution is 2.27. The summed E-state index contributed by atoms with van der Waals surface area (Å²) in [4.78, 5) is 27.7. The number of hydrogen-bond acceptors (Lipinski definition) is 5. The number of thiazole rings is 1. The predicted octanol–water partition coefficient (Wildman–Crippen LogP) is 3.14. The van der Waals surface area contributed by atoms with Crippen LogP contribution in [0.4, 0.5) is 5.13 Å². The number of nitrogens with zero attached hydrogens (tertiary/aromatic N) is 1. The Kier molecular flexibility index (Phi) is 5.14. The quantitative estimate of drug-likeness (QED) is 0.710. The van der Waals surface area contributed by atoms with Crippen molar-refractivity contribution < 1.29 is 14.0 Å². The number of carbonyl (C=O) groups is 2. The largest absolute Gasteiger partial charge is 0.469 e. The molecule has 2 amide bonds. The molecule has 3 aromatic rings. The van der Waals surface area contributed by atoms with Gasteiger partial charge in [0.1, 0.15) is 5.76 Å².